The molecule has 0 saturated carbocycles. The number of benzene rings is 2. The van der Waals surface area contributed by atoms with Gasteiger partial charge in [0.2, 0.25) is 0 Å². The molecule has 1 heterocycles. The molecule has 3 nitrogen and oxygen atoms in total. The van der Waals surface area contributed by atoms with Crippen molar-refractivity contribution in [2.75, 3.05) is 0 Å². The van der Waals surface area contributed by atoms with Gasteiger partial charge in [-0.3, -0.25) is 9.48 Å². The Morgan fingerprint density at radius 1 is 1.19 bits per heavy atom. The number of rotatable bonds is 3. The van der Waals surface area contributed by atoms with Crippen LogP contribution in [0.25, 0.3) is 10.9 Å². The van der Waals surface area contributed by atoms with Gasteiger partial charge >= 0.3 is 0 Å². The van der Waals surface area contributed by atoms with Gasteiger partial charge in [0.15, 0.2) is 0 Å². The standard InChI is InChI=1S/C18H16N2O/c1-20-17-9-5-4-8-14(17)16(19-20)11-18(21)15-10-12-6-2-3-7-13(12)15/h2-9,15H,10-11H2,1H3. The summed E-state index contributed by atoms with van der Waals surface area (Å²) >= 11 is 0. The second-order valence-corrected chi connectivity index (χ2v) is 5.69. The maximum atomic E-state index is 12.6. The first-order valence-corrected chi connectivity index (χ1v) is 7.25. The molecule has 0 saturated heterocycles. The molecule has 4 rings (SSSR count). The zero-order valence-corrected chi connectivity index (χ0v) is 11.9. The highest BCUT2D eigenvalue weighted by molar-refractivity contribution is 5.93. The van der Waals surface area contributed by atoms with E-state index in [2.05, 4.69) is 17.2 Å². The van der Waals surface area contributed by atoms with Crippen LogP contribution in [0.1, 0.15) is 22.7 Å². The summed E-state index contributed by atoms with van der Waals surface area (Å²) in [5, 5.41) is 5.61. The molecular formula is C18H16N2O. The van der Waals surface area contributed by atoms with Crippen LogP contribution >= 0.6 is 0 Å². The van der Waals surface area contributed by atoms with Gasteiger partial charge in [0.25, 0.3) is 0 Å². The molecule has 0 N–H and O–H groups in total. The molecule has 0 aliphatic heterocycles. The Hall–Kier alpha value is -2.42. The maximum absolute atomic E-state index is 12.6. The van der Waals surface area contributed by atoms with Gasteiger partial charge in [-0.15, -0.1) is 0 Å². The number of hydrogen-bond donors (Lipinski definition) is 0. The summed E-state index contributed by atoms with van der Waals surface area (Å²) in [4.78, 5) is 12.6. The van der Waals surface area contributed by atoms with Gasteiger partial charge in [-0.25, -0.2) is 0 Å². The number of aryl methyl sites for hydroxylation is 1. The Morgan fingerprint density at radius 3 is 2.81 bits per heavy atom. The zero-order chi connectivity index (χ0) is 14.4. The van der Waals surface area contributed by atoms with Crippen molar-refractivity contribution < 1.29 is 4.79 Å². The fourth-order valence-electron chi connectivity index (χ4n) is 3.25. The van der Waals surface area contributed by atoms with Crippen LogP contribution in [-0.4, -0.2) is 15.6 Å². The first-order valence-electron chi connectivity index (χ1n) is 7.25. The average molecular weight is 276 g/mol. The van der Waals surface area contributed by atoms with Crippen molar-refractivity contribution >= 4 is 16.7 Å². The fourth-order valence-corrected chi connectivity index (χ4v) is 3.25. The van der Waals surface area contributed by atoms with E-state index in [1.54, 1.807) is 0 Å². The molecular weight excluding hydrogens is 260 g/mol. The van der Waals surface area contributed by atoms with Crippen molar-refractivity contribution in [1.29, 1.82) is 0 Å². The molecule has 21 heavy (non-hydrogen) atoms. The predicted molar refractivity (Wildman–Crippen MR) is 82.3 cm³/mol. The molecule has 3 heteroatoms. The van der Waals surface area contributed by atoms with Gasteiger partial charge in [0, 0.05) is 18.4 Å². The normalized spacial score (nSPS) is 16.5. The maximum Gasteiger partial charge on any atom is 0.146 e. The third-order valence-corrected chi connectivity index (χ3v) is 4.42. The minimum absolute atomic E-state index is 0.0574. The molecule has 3 aromatic rings. The van der Waals surface area contributed by atoms with Crippen LogP contribution in [0.15, 0.2) is 48.5 Å². The van der Waals surface area contributed by atoms with Crippen molar-refractivity contribution in [2.24, 2.45) is 7.05 Å². The molecule has 0 bridgehead atoms. The Bertz CT molecular complexity index is 847. The number of aromatic nitrogens is 2. The third kappa shape index (κ3) is 1.88. The van der Waals surface area contributed by atoms with Crippen molar-refractivity contribution in [3.8, 4) is 0 Å². The summed E-state index contributed by atoms with van der Waals surface area (Å²) in [7, 11) is 1.93. The monoisotopic (exact) mass is 276 g/mol. The molecule has 2 aromatic carbocycles. The number of ketones is 1. The van der Waals surface area contributed by atoms with Gasteiger partial charge in [0.1, 0.15) is 5.78 Å². The van der Waals surface area contributed by atoms with E-state index < -0.39 is 0 Å². The largest absolute Gasteiger partial charge is 0.299 e. The number of Topliss-reactive ketones (excluding diaryl/α,β-unsaturated/α-hetero) is 1. The van der Waals surface area contributed by atoms with E-state index in [9.17, 15) is 4.79 Å². The second kappa shape index (κ2) is 4.55. The van der Waals surface area contributed by atoms with Gasteiger partial charge in [-0.05, 0) is 23.6 Å². The van der Waals surface area contributed by atoms with Gasteiger partial charge in [-0.2, -0.15) is 5.10 Å². The van der Waals surface area contributed by atoms with E-state index in [1.165, 1.54) is 11.1 Å². The topological polar surface area (TPSA) is 34.9 Å². The lowest BCUT2D eigenvalue weighted by molar-refractivity contribution is -0.120. The zero-order valence-electron chi connectivity index (χ0n) is 11.9. The van der Waals surface area contributed by atoms with Crippen LogP contribution in [0, 0.1) is 0 Å². The van der Waals surface area contributed by atoms with Crippen LogP contribution in [0.3, 0.4) is 0 Å². The van der Waals surface area contributed by atoms with Crippen LogP contribution in [0.4, 0.5) is 0 Å². The van der Waals surface area contributed by atoms with E-state index in [0.717, 1.165) is 23.0 Å². The van der Waals surface area contributed by atoms with Crippen molar-refractivity contribution in [2.45, 2.75) is 18.8 Å². The van der Waals surface area contributed by atoms with Gasteiger partial charge < -0.3 is 0 Å². The minimum atomic E-state index is 0.0574. The van der Waals surface area contributed by atoms with Crippen LogP contribution in [0.5, 0.6) is 0 Å². The summed E-state index contributed by atoms with van der Waals surface area (Å²) in [6, 6.07) is 16.3. The van der Waals surface area contributed by atoms with Crippen molar-refractivity contribution in [1.82, 2.24) is 9.78 Å². The Balaban J connectivity index is 1.63. The highest BCUT2D eigenvalue weighted by atomic mass is 16.1. The summed E-state index contributed by atoms with van der Waals surface area (Å²) in [5.74, 6) is 0.333. The molecule has 1 atom stereocenters. The highest BCUT2D eigenvalue weighted by Gasteiger charge is 2.32. The summed E-state index contributed by atoms with van der Waals surface area (Å²) < 4.78 is 1.85. The number of carbonyl (C=O) groups excluding carboxylic acids is 1. The molecule has 104 valence electrons. The number of fused-ring (bicyclic) bond motifs is 2. The molecule has 0 spiro atoms. The third-order valence-electron chi connectivity index (χ3n) is 4.42. The van der Waals surface area contributed by atoms with Gasteiger partial charge in [0.05, 0.1) is 17.6 Å². The molecule has 1 aliphatic rings. The van der Waals surface area contributed by atoms with Gasteiger partial charge in [-0.1, -0.05) is 42.5 Å². The van der Waals surface area contributed by atoms with Crippen molar-refractivity contribution in [3.63, 3.8) is 0 Å². The van der Waals surface area contributed by atoms with Crippen LogP contribution in [0.2, 0.25) is 0 Å². The fraction of sp³-hybridized carbons (Fsp3) is 0.222. The summed E-state index contributed by atoms with van der Waals surface area (Å²) in [5.41, 5.74) is 4.47. The van der Waals surface area contributed by atoms with Crippen LogP contribution in [-0.2, 0) is 24.7 Å². The molecule has 0 radical (unpaired) electrons. The molecule has 0 amide bonds. The van der Waals surface area contributed by atoms with E-state index in [1.807, 2.05) is 48.1 Å². The van der Waals surface area contributed by atoms with E-state index in [0.29, 0.717) is 6.42 Å². The highest BCUT2D eigenvalue weighted by Crippen LogP contribution is 2.36. The smallest absolute Gasteiger partial charge is 0.146 e. The van der Waals surface area contributed by atoms with Crippen molar-refractivity contribution in [3.05, 3.63) is 65.4 Å². The Labute approximate surface area is 123 Å². The van der Waals surface area contributed by atoms with E-state index in [-0.39, 0.29) is 11.7 Å². The molecule has 1 aliphatic carbocycles. The summed E-state index contributed by atoms with van der Waals surface area (Å²) in [6.07, 6.45) is 1.29. The lowest BCUT2D eigenvalue weighted by atomic mass is 9.74. The molecule has 1 aromatic heterocycles. The summed E-state index contributed by atoms with van der Waals surface area (Å²) in [6.45, 7) is 0. The molecule has 1 unspecified atom stereocenters. The SMILES string of the molecule is Cn1nc(CC(=O)C2Cc3ccccc32)c2ccccc21. The number of hydrogen-bond acceptors (Lipinski definition) is 2. The van der Waals surface area contributed by atoms with Crippen LogP contribution < -0.4 is 0 Å². The number of nitrogens with zero attached hydrogens (tertiary/aromatic N) is 2. The molecule has 0 fully saturated rings. The predicted octanol–water partition coefficient (Wildman–Crippen LogP) is 3.02. The lowest BCUT2D eigenvalue weighted by Gasteiger charge is -2.28. The average Bonchev–Trinajstić information content (AvgIpc) is 2.77. The first kappa shape index (κ1) is 12.3. The Morgan fingerprint density at radius 2 is 1.95 bits per heavy atom. The van der Waals surface area contributed by atoms with E-state index in [4.69, 9.17) is 0 Å². The Kier molecular flexibility index (Phi) is 2.67. The van der Waals surface area contributed by atoms with E-state index >= 15 is 0 Å². The quantitative estimate of drug-likeness (QED) is 0.737. The minimum Gasteiger partial charge on any atom is -0.299 e. The first-order chi connectivity index (χ1) is 10.2. The number of carbonyl (C=O) groups is 1. The number of para-hydroxylation sites is 1. The lowest BCUT2D eigenvalue weighted by Crippen LogP contribution is -2.26. The second-order valence-electron chi connectivity index (χ2n) is 5.69.